The summed E-state index contributed by atoms with van der Waals surface area (Å²) in [7, 11) is 0.336. The zero-order chi connectivity index (χ0) is 35.5. The van der Waals surface area contributed by atoms with Crippen molar-refractivity contribution >= 4 is 25.3 Å². The van der Waals surface area contributed by atoms with Crippen LogP contribution in [0, 0.1) is 5.82 Å². The van der Waals surface area contributed by atoms with Crippen molar-refractivity contribution in [2.75, 3.05) is 4.90 Å². The first-order valence-corrected chi connectivity index (χ1v) is 19.4. The number of phenolic OH excluding ortho intramolecular Hbond substituents is 1. The number of rotatable bonds is 16. The number of hydrogen-bond donors (Lipinski definition) is 1. The topological polar surface area (TPSA) is 23.5 Å². The quantitative estimate of drug-likeness (QED) is 0.0806. The first-order chi connectivity index (χ1) is 25.0. The Morgan fingerprint density at radius 1 is 0.608 bits per heavy atom. The van der Waals surface area contributed by atoms with Gasteiger partial charge in [-0.2, -0.15) is 0 Å². The summed E-state index contributed by atoms with van der Waals surface area (Å²) >= 11 is 0. The highest BCUT2D eigenvalue weighted by atomic mass is 31.1. The monoisotopic (exact) mass is 693 g/mol. The number of anilines is 2. The lowest BCUT2D eigenvalue weighted by Crippen LogP contribution is -2.27. The summed E-state index contributed by atoms with van der Waals surface area (Å²) in [5.41, 5.74) is 8.70. The van der Waals surface area contributed by atoms with E-state index < -0.39 is 0 Å². The number of halogens is 1. The highest BCUT2D eigenvalue weighted by Crippen LogP contribution is 2.52. The third kappa shape index (κ3) is 9.15. The van der Waals surface area contributed by atoms with Crippen LogP contribution in [-0.4, -0.2) is 5.11 Å². The van der Waals surface area contributed by atoms with Gasteiger partial charge in [-0.05, 0) is 88.8 Å². The lowest BCUT2D eigenvalue weighted by atomic mass is 9.85. The predicted octanol–water partition coefficient (Wildman–Crippen LogP) is 12.2. The fourth-order valence-electron chi connectivity index (χ4n) is 7.20. The van der Waals surface area contributed by atoms with Gasteiger partial charge in [-0.1, -0.05) is 157 Å². The second kappa shape index (κ2) is 17.5. The largest absolute Gasteiger partial charge is 0.507 e. The van der Waals surface area contributed by atoms with Crippen molar-refractivity contribution in [3.05, 3.63) is 191 Å². The Kier molecular flexibility index (Phi) is 12.4. The Balaban J connectivity index is 1.46. The number of phenols is 1. The molecule has 2 unspecified atom stereocenters. The van der Waals surface area contributed by atoms with Gasteiger partial charge < -0.3 is 10.0 Å². The molecule has 6 aromatic carbocycles. The Morgan fingerprint density at radius 2 is 1.18 bits per heavy atom. The first kappa shape index (κ1) is 36.1. The van der Waals surface area contributed by atoms with Crippen LogP contribution in [0.15, 0.2) is 152 Å². The fraction of sp³-hybridized carbons (Fsp3) is 0.234. The Morgan fingerprint density at radius 3 is 1.75 bits per heavy atom. The summed E-state index contributed by atoms with van der Waals surface area (Å²) < 4.78 is 15.2. The molecule has 6 aromatic rings. The highest BCUT2D eigenvalue weighted by molar-refractivity contribution is 7.48. The maximum Gasteiger partial charge on any atom is 0.123 e. The van der Waals surface area contributed by atoms with Gasteiger partial charge in [-0.3, -0.25) is 0 Å². The third-order valence-corrected chi connectivity index (χ3v) is 12.1. The van der Waals surface area contributed by atoms with E-state index in [0.717, 1.165) is 71.9 Å². The molecule has 0 aromatic heterocycles. The van der Waals surface area contributed by atoms with E-state index in [1.807, 2.05) is 48.5 Å². The summed E-state index contributed by atoms with van der Waals surface area (Å²) in [4.78, 5) is 2.27. The third-order valence-electron chi connectivity index (χ3n) is 9.97. The molecule has 6 rings (SSSR count). The van der Waals surface area contributed by atoms with Crippen molar-refractivity contribution in [3.8, 4) is 5.75 Å². The van der Waals surface area contributed by atoms with E-state index in [0.29, 0.717) is 27.3 Å². The molecule has 0 heterocycles. The van der Waals surface area contributed by atoms with E-state index >= 15 is 4.39 Å². The zero-order valence-electron chi connectivity index (χ0n) is 29.9. The van der Waals surface area contributed by atoms with Crippen LogP contribution in [-0.2, 0) is 24.5 Å². The molecule has 0 spiro atoms. The molecule has 0 aliphatic rings. The van der Waals surface area contributed by atoms with Gasteiger partial charge in [0.15, 0.2) is 0 Å². The SMILES string of the molecule is CCCCCC(CC)(Pc1ccc(F)cc1CN(c1ccccc1)c1ccccc1)c1cc(Cc2ccccc2)cc(Cc2ccccc2)c1O. The molecule has 2 nitrogen and oxygen atoms in total. The molecule has 0 saturated carbocycles. The smallest absolute Gasteiger partial charge is 0.123 e. The Bertz CT molecular complexity index is 1930. The van der Waals surface area contributed by atoms with Gasteiger partial charge in [-0.25, -0.2) is 4.39 Å². The molecule has 4 heteroatoms. The standard InChI is InChI=1S/C47H49FNOP/c1-3-5-18-29-47(4-2,44-33-38(30-36-19-10-6-11-20-36)32-39(46(44)50)31-37-21-12-7-13-22-37)51-45-28-27-41(48)34-40(45)35-49(42-23-14-8-15-24-42)43-25-16-9-17-26-43/h6-17,19-28,32-34,50-51H,3-5,18,29-31,35H2,1-2H3. The summed E-state index contributed by atoms with van der Waals surface area (Å²) in [6, 6.07) is 51.5. The molecule has 0 saturated heterocycles. The van der Waals surface area contributed by atoms with Gasteiger partial charge in [0.1, 0.15) is 11.6 Å². The zero-order valence-corrected chi connectivity index (χ0v) is 30.9. The molecule has 0 bridgehead atoms. The van der Waals surface area contributed by atoms with Crippen molar-refractivity contribution in [1.82, 2.24) is 0 Å². The van der Waals surface area contributed by atoms with Gasteiger partial charge in [0, 0.05) is 35.1 Å². The number of unbranched alkanes of at least 4 members (excludes halogenated alkanes) is 2. The molecular weight excluding hydrogens is 644 g/mol. The van der Waals surface area contributed by atoms with E-state index in [-0.39, 0.29) is 11.0 Å². The molecule has 51 heavy (non-hydrogen) atoms. The van der Waals surface area contributed by atoms with Crippen LogP contribution in [0.25, 0.3) is 0 Å². The van der Waals surface area contributed by atoms with Crippen molar-refractivity contribution in [1.29, 1.82) is 0 Å². The number of benzene rings is 6. The fourth-order valence-corrected chi connectivity index (χ4v) is 8.99. The summed E-state index contributed by atoms with van der Waals surface area (Å²) in [5.74, 6) is 0.172. The maximum absolute atomic E-state index is 15.2. The van der Waals surface area contributed by atoms with Crippen molar-refractivity contribution < 1.29 is 9.50 Å². The molecule has 0 aliphatic heterocycles. The number of hydrogen-bond acceptors (Lipinski definition) is 2. The Hall–Kier alpha value is -4.72. The van der Waals surface area contributed by atoms with Gasteiger partial charge >= 0.3 is 0 Å². The second-order valence-electron chi connectivity index (χ2n) is 13.6. The van der Waals surface area contributed by atoms with E-state index in [1.54, 1.807) is 12.1 Å². The average Bonchev–Trinajstić information content (AvgIpc) is 3.17. The van der Waals surface area contributed by atoms with E-state index in [9.17, 15) is 5.11 Å². The minimum absolute atomic E-state index is 0.231. The molecule has 2 atom stereocenters. The van der Waals surface area contributed by atoms with Crippen molar-refractivity contribution in [2.24, 2.45) is 0 Å². The molecule has 0 amide bonds. The van der Waals surface area contributed by atoms with E-state index in [1.165, 1.54) is 16.7 Å². The molecule has 260 valence electrons. The van der Waals surface area contributed by atoms with Crippen molar-refractivity contribution in [3.63, 3.8) is 0 Å². The van der Waals surface area contributed by atoms with Crippen molar-refractivity contribution in [2.45, 2.75) is 70.5 Å². The lowest BCUT2D eigenvalue weighted by Gasteiger charge is -2.37. The maximum atomic E-state index is 15.2. The minimum Gasteiger partial charge on any atom is -0.507 e. The van der Waals surface area contributed by atoms with Crippen LogP contribution in [0.3, 0.4) is 0 Å². The van der Waals surface area contributed by atoms with Gasteiger partial charge in [0.2, 0.25) is 0 Å². The van der Waals surface area contributed by atoms with Gasteiger partial charge in [-0.15, -0.1) is 0 Å². The highest BCUT2D eigenvalue weighted by Gasteiger charge is 2.35. The average molecular weight is 694 g/mol. The number of aromatic hydroxyl groups is 1. The summed E-state index contributed by atoms with van der Waals surface area (Å²) in [6.07, 6.45) is 6.56. The second-order valence-corrected chi connectivity index (χ2v) is 15.3. The van der Waals surface area contributed by atoms with E-state index in [2.05, 4.69) is 110 Å². The van der Waals surface area contributed by atoms with Crippen LogP contribution < -0.4 is 10.2 Å². The van der Waals surface area contributed by atoms with Crippen LogP contribution in [0.5, 0.6) is 5.75 Å². The Labute approximate surface area is 305 Å². The lowest BCUT2D eigenvalue weighted by molar-refractivity contribution is 0.432. The number of nitrogens with zero attached hydrogens (tertiary/aromatic N) is 1. The van der Waals surface area contributed by atoms with Crippen LogP contribution >= 0.6 is 8.58 Å². The summed E-state index contributed by atoms with van der Waals surface area (Å²) in [6.45, 7) is 5.04. The van der Waals surface area contributed by atoms with Gasteiger partial charge in [0.05, 0.1) is 0 Å². The summed E-state index contributed by atoms with van der Waals surface area (Å²) in [5, 5.41) is 13.2. The van der Waals surface area contributed by atoms with Crippen LogP contribution in [0.4, 0.5) is 15.8 Å². The molecule has 1 N–H and O–H groups in total. The first-order valence-electron chi connectivity index (χ1n) is 18.4. The molecular formula is C47H49FNOP. The predicted molar refractivity (Wildman–Crippen MR) is 216 cm³/mol. The van der Waals surface area contributed by atoms with Gasteiger partial charge in [0.25, 0.3) is 0 Å². The normalized spacial score (nSPS) is 12.6. The minimum atomic E-state index is -0.325. The molecule has 0 fully saturated rings. The molecule has 0 radical (unpaired) electrons. The number of para-hydroxylation sites is 2. The van der Waals surface area contributed by atoms with E-state index in [4.69, 9.17) is 0 Å². The van der Waals surface area contributed by atoms with Crippen LogP contribution in [0.2, 0.25) is 0 Å². The van der Waals surface area contributed by atoms with Crippen LogP contribution in [0.1, 0.15) is 79.3 Å². The molecule has 0 aliphatic carbocycles.